The average Bonchev–Trinajstić information content (AvgIpc) is 2.82. The van der Waals surface area contributed by atoms with E-state index >= 15 is 0 Å². The molecule has 0 unspecified atom stereocenters. The van der Waals surface area contributed by atoms with Gasteiger partial charge in [0.1, 0.15) is 0 Å². The molecule has 0 saturated carbocycles. The number of para-hydroxylation sites is 1. The smallest absolute Gasteiger partial charge is 0.151 e. The Morgan fingerprint density at radius 3 is 2.52 bits per heavy atom. The summed E-state index contributed by atoms with van der Waals surface area (Å²) in [6, 6.07) is 7.96. The Balaban J connectivity index is 2.12. The molecule has 0 amide bonds. The van der Waals surface area contributed by atoms with Crippen LogP contribution in [-0.2, 0) is 0 Å². The van der Waals surface area contributed by atoms with Crippen LogP contribution in [0, 0.1) is 19.8 Å². The van der Waals surface area contributed by atoms with E-state index in [9.17, 15) is 4.79 Å². The Labute approximate surface area is 142 Å². The number of nitrogens with zero attached hydrogens (tertiary/aromatic N) is 2. The summed E-state index contributed by atoms with van der Waals surface area (Å²) in [5.74, 6) is 0.772. The lowest BCUT2D eigenvalue weighted by Gasteiger charge is -2.34. The van der Waals surface area contributed by atoms with E-state index in [0.29, 0.717) is 0 Å². The van der Waals surface area contributed by atoms with Gasteiger partial charge in [0.15, 0.2) is 6.29 Å². The lowest BCUT2D eigenvalue weighted by molar-refractivity contribution is 0.112. The molecule has 1 aliphatic rings. The predicted molar refractivity (Wildman–Crippen MR) is 96.3 cm³/mol. The predicted octanol–water partition coefficient (Wildman–Crippen LogP) is 4.80. The van der Waals surface area contributed by atoms with Crippen molar-refractivity contribution < 1.29 is 4.79 Å². The van der Waals surface area contributed by atoms with Gasteiger partial charge >= 0.3 is 0 Å². The van der Waals surface area contributed by atoms with E-state index in [4.69, 9.17) is 11.6 Å². The van der Waals surface area contributed by atoms with Crippen molar-refractivity contribution in [3.05, 3.63) is 46.2 Å². The van der Waals surface area contributed by atoms with E-state index in [-0.39, 0.29) is 0 Å². The van der Waals surface area contributed by atoms with Crippen LogP contribution in [0.5, 0.6) is 0 Å². The Morgan fingerprint density at radius 1 is 1.22 bits per heavy atom. The molecule has 23 heavy (non-hydrogen) atoms. The molecule has 0 atom stereocenters. The third kappa shape index (κ3) is 2.90. The summed E-state index contributed by atoms with van der Waals surface area (Å²) >= 11 is 6.57. The number of carbonyl (C=O) groups is 1. The molecule has 4 heteroatoms. The topological polar surface area (TPSA) is 25.2 Å². The van der Waals surface area contributed by atoms with Crippen LogP contribution >= 0.6 is 11.6 Å². The molecule has 1 aromatic carbocycles. The number of rotatable bonds is 3. The molecule has 1 fully saturated rings. The second-order valence-electron chi connectivity index (χ2n) is 6.56. The second-order valence-corrected chi connectivity index (χ2v) is 6.96. The normalized spacial score (nSPS) is 15.9. The highest BCUT2D eigenvalue weighted by Crippen LogP contribution is 2.36. The van der Waals surface area contributed by atoms with Gasteiger partial charge < -0.3 is 9.47 Å². The first kappa shape index (κ1) is 16.1. The minimum absolute atomic E-state index is 0.737. The van der Waals surface area contributed by atoms with Crippen molar-refractivity contribution >= 4 is 23.6 Å². The van der Waals surface area contributed by atoms with Gasteiger partial charge in [0.2, 0.25) is 0 Å². The molecule has 2 heterocycles. The largest absolute Gasteiger partial charge is 0.369 e. The molecule has 1 aromatic heterocycles. The number of aldehydes is 1. The summed E-state index contributed by atoms with van der Waals surface area (Å²) in [6.07, 6.45) is 3.30. The maximum absolute atomic E-state index is 11.3. The van der Waals surface area contributed by atoms with E-state index in [1.807, 2.05) is 32.0 Å². The van der Waals surface area contributed by atoms with E-state index in [1.54, 1.807) is 0 Å². The van der Waals surface area contributed by atoms with Gasteiger partial charge in [-0.05, 0) is 50.8 Å². The molecular formula is C19H23ClN2O. The van der Waals surface area contributed by atoms with Crippen molar-refractivity contribution in [1.29, 1.82) is 0 Å². The number of hydrogen-bond donors (Lipinski definition) is 0. The number of halogens is 1. The third-order valence-corrected chi connectivity index (χ3v) is 5.21. The molecule has 0 N–H and O–H groups in total. The van der Waals surface area contributed by atoms with Crippen molar-refractivity contribution in [2.24, 2.45) is 5.92 Å². The molecule has 2 aromatic rings. The van der Waals surface area contributed by atoms with Gasteiger partial charge in [-0.15, -0.1) is 0 Å². The fraction of sp³-hybridized carbons (Fsp3) is 0.421. The maximum Gasteiger partial charge on any atom is 0.151 e. The number of aromatic nitrogens is 1. The Bertz CT molecular complexity index is 727. The van der Waals surface area contributed by atoms with E-state index in [1.165, 1.54) is 12.8 Å². The Hall–Kier alpha value is -1.74. The highest BCUT2D eigenvalue weighted by atomic mass is 35.5. The number of hydrogen-bond acceptors (Lipinski definition) is 2. The quantitative estimate of drug-likeness (QED) is 0.755. The SMILES string of the molecule is Cc1cc(C=O)c(C)n1-c1cccc(Cl)c1N1CCC(C)CC1. The maximum atomic E-state index is 11.3. The highest BCUT2D eigenvalue weighted by Gasteiger charge is 2.22. The zero-order chi connectivity index (χ0) is 16.6. The summed E-state index contributed by atoms with van der Waals surface area (Å²) < 4.78 is 2.14. The van der Waals surface area contributed by atoms with E-state index < -0.39 is 0 Å². The van der Waals surface area contributed by atoms with Crippen LogP contribution in [0.15, 0.2) is 24.3 Å². The summed E-state index contributed by atoms with van der Waals surface area (Å²) in [7, 11) is 0. The van der Waals surface area contributed by atoms with Crippen LogP contribution in [0.2, 0.25) is 5.02 Å². The van der Waals surface area contributed by atoms with Gasteiger partial charge in [-0.1, -0.05) is 24.6 Å². The van der Waals surface area contributed by atoms with Crippen molar-refractivity contribution in [3.63, 3.8) is 0 Å². The molecular weight excluding hydrogens is 308 g/mol. The monoisotopic (exact) mass is 330 g/mol. The van der Waals surface area contributed by atoms with Gasteiger partial charge in [0.05, 0.1) is 16.4 Å². The zero-order valence-electron chi connectivity index (χ0n) is 14.0. The summed E-state index contributed by atoms with van der Waals surface area (Å²) in [4.78, 5) is 13.7. The van der Waals surface area contributed by atoms with E-state index in [0.717, 1.165) is 58.6 Å². The molecule has 122 valence electrons. The standard InChI is InChI=1S/C19H23ClN2O/c1-13-7-9-21(10-8-13)19-17(20)5-4-6-18(19)22-14(2)11-16(12-23)15(22)3/h4-6,11-13H,7-10H2,1-3H3. The van der Waals surface area contributed by atoms with Crippen molar-refractivity contribution in [1.82, 2.24) is 4.57 Å². The molecule has 0 aliphatic carbocycles. The Kier molecular flexibility index (Phi) is 4.49. The summed E-state index contributed by atoms with van der Waals surface area (Å²) in [6.45, 7) is 8.37. The van der Waals surface area contributed by atoms with Gasteiger partial charge in [0.25, 0.3) is 0 Å². The first-order chi connectivity index (χ1) is 11.0. The highest BCUT2D eigenvalue weighted by molar-refractivity contribution is 6.33. The van der Waals surface area contributed by atoms with Gasteiger partial charge in [-0.25, -0.2) is 0 Å². The average molecular weight is 331 g/mol. The molecule has 3 nitrogen and oxygen atoms in total. The molecule has 3 rings (SSSR count). The fourth-order valence-electron chi connectivity index (χ4n) is 3.51. The lowest BCUT2D eigenvalue weighted by atomic mass is 9.98. The van der Waals surface area contributed by atoms with Crippen LogP contribution in [0.25, 0.3) is 5.69 Å². The first-order valence-corrected chi connectivity index (χ1v) is 8.58. The number of benzene rings is 1. The first-order valence-electron chi connectivity index (χ1n) is 8.21. The van der Waals surface area contributed by atoms with Crippen LogP contribution in [0.4, 0.5) is 5.69 Å². The summed E-state index contributed by atoms with van der Waals surface area (Å²) in [5.41, 5.74) is 4.90. The van der Waals surface area contributed by atoms with Gasteiger partial charge in [-0.3, -0.25) is 4.79 Å². The van der Waals surface area contributed by atoms with Crippen LogP contribution in [0.1, 0.15) is 41.5 Å². The molecule has 0 bridgehead atoms. The number of anilines is 1. The minimum atomic E-state index is 0.737. The number of aryl methyl sites for hydroxylation is 1. The van der Waals surface area contributed by atoms with Crippen LogP contribution < -0.4 is 4.90 Å². The minimum Gasteiger partial charge on any atom is -0.369 e. The fourth-order valence-corrected chi connectivity index (χ4v) is 3.80. The molecule has 0 radical (unpaired) electrons. The molecule has 1 saturated heterocycles. The van der Waals surface area contributed by atoms with Crippen molar-refractivity contribution in [2.75, 3.05) is 18.0 Å². The van der Waals surface area contributed by atoms with Crippen molar-refractivity contribution in [3.8, 4) is 5.69 Å². The Morgan fingerprint density at radius 2 is 1.91 bits per heavy atom. The van der Waals surface area contributed by atoms with Crippen molar-refractivity contribution in [2.45, 2.75) is 33.6 Å². The van der Waals surface area contributed by atoms with Gasteiger partial charge in [-0.2, -0.15) is 0 Å². The lowest BCUT2D eigenvalue weighted by Crippen LogP contribution is -2.33. The number of carbonyl (C=O) groups excluding carboxylic acids is 1. The van der Waals surface area contributed by atoms with Gasteiger partial charge in [0, 0.05) is 30.0 Å². The number of piperidine rings is 1. The van der Waals surface area contributed by atoms with Crippen LogP contribution in [0.3, 0.4) is 0 Å². The van der Waals surface area contributed by atoms with E-state index in [2.05, 4.69) is 22.5 Å². The van der Waals surface area contributed by atoms with Crippen LogP contribution in [-0.4, -0.2) is 23.9 Å². The summed E-state index contributed by atoms with van der Waals surface area (Å²) in [5, 5.41) is 0.775. The second kappa shape index (κ2) is 6.40. The molecule has 1 aliphatic heterocycles. The molecule has 0 spiro atoms. The zero-order valence-corrected chi connectivity index (χ0v) is 14.7. The third-order valence-electron chi connectivity index (χ3n) is 4.90.